The van der Waals surface area contributed by atoms with Crippen LogP contribution in [0.5, 0.6) is 5.75 Å². The van der Waals surface area contributed by atoms with E-state index in [1.54, 1.807) is 0 Å². The molecule has 0 fully saturated rings. The molecule has 1 aliphatic rings. The first-order chi connectivity index (χ1) is 9.35. The second-order valence-corrected chi connectivity index (χ2v) is 6.04. The zero-order chi connectivity index (χ0) is 13.5. The van der Waals surface area contributed by atoms with Gasteiger partial charge < -0.3 is 10.1 Å². The van der Waals surface area contributed by atoms with Gasteiger partial charge in [0.2, 0.25) is 0 Å². The topological polar surface area (TPSA) is 21.3 Å². The quantitative estimate of drug-likeness (QED) is 0.767. The third-order valence-corrected chi connectivity index (χ3v) is 4.34. The average molecular weight is 279 g/mol. The molecule has 0 bridgehead atoms. The Balaban J connectivity index is 1.98. The second-order valence-electron chi connectivity index (χ2n) is 5.06. The minimum absolute atomic E-state index is 0.541. The molecule has 1 atom stereocenters. The highest BCUT2D eigenvalue weighted by molar-refractivity contribution is 7.98. The first kappa shape index (κ1) is 14.7. The number of hydrogen-bond donors (Lipinski definition) is 1. The summed E-state index contributed by atoms with van der Waals surface area (Å²) >= 11 is 1.88. The lowest BCUT2D eigenvalue weighted by atomic mass is 9.87. The number of benzene rings is 1. The largest absolute Gasteiger partial charge is 0.494 e. The molecular weight excluding hydrogens is 254 g/mol. The molecule has 0 radical (unpaired) electrons. The number of nitrogens with one attached hydrogen (secondary N) is 1. The standard InChI is InChI=1S/C16H25NOS/c1-3-17-16-7-4-6-13-12-14(8-9-15(13)16)18-10-5-11-19-2/h8-9,12,16-17H,3-7,10-11H2,1-2H3. The molecule has 1 aromatic rings. The van der Waals surface area contributed by atoms with Gasteiger partial charge in [-0.1, -0.05) is 13.0 Å². The van der Waals surface area contributed by atoms with E-state index in [0.717, 1.165) is 25.3 Å². The molecule has 1 unspecified atom stereocenters. The molecule has 1 aliphatic carbocycles. The van der Waals surface area contributed by atoms with Crippen molar-refractivity contribution in [1.82, 2.24) is 5.32 Å². The molecule has 2 nitrogen and oxygen atoms in total. The highest BCUT2D eigenvalue weighted by Gasteiger charge is 2.19. The molecule has 0 amide bonds. The van der Waals surface area contributed by atoms with Crippen molar-refractivity contribution in [3.05, 3.63) is 29.3 Å². The van der Waals surface area contributed by atoms with E-state index in [4.69, 9.17) is 4.74 Å². The molecule has 0 spiro atoms. The molecule has 0 aliphatic heterocycles. The van der Waals surface area contributed by atoms with Crippen molar-refractivity contribution in [3.63, 3.8) is 0 Å². The third-order valence-electron chi connectivity index (χ3n) is 3.64. The SMILES string of the molecule is CCNC1CCCc2cc(OCCCSC)ccc21. The fourth-order valence-corrected chi connectivity index (χ4v) is 3.14. The van der Waals surface area contributed by atoms with Gasteiger partial charge in [-0.25, -0.2) is 0 Å². The summed E-state index contributed by atoms with van der Waals surface area (Å²) in [6.45, 7) is 4.05. The van der Waals surface area contributed by atoms with Gasteiger partial charge in [0.25, 0.3) is 0 Å². The van der Waals surface area contributed by atoms with E-state index >= 15 is 0 Å². The van der Waals surface area contributed by atoms with Crippen LogP contribution in [0.4, 0.5) is 0 Å². The highest BCUT2D eigenvalue weighted by Crippen LogP contribution is 2.32. The summed E-state index contributed by atoms with van der Waals surface area (Å²) in [7, 11) is 0. The molecule has 3 heteroatoms. The Hall–Kier alpha value is -0.670. The Kier molecular flexibility index (Phi) is 6.05. The van der Waals surface area contributed by atoms with Gasteiger partial charge in [0.15, 0.2) is 0 Å². The van der Waals surface area contributed by atoms with Crippen LogP contribution < -0.4 is 10.1 Å². The Labute approximate surface area is 121 Å². The van der Waals surface area contributed by atoms with E-state index in [9.17, 15) is 0 Å². The number of hydrogen-bond acceptors (Lipinski definition) is 3. The number of fused-ring (bicyclic) bond motifs is 1. The molecule has 0 saturated carbocycles. The predicted molar refractivity (Wildman–Crippen MR) is 84.3 cm³/mol. The normalized spacial score (nSPS) is 18.1. The fourth-order valence-electron chi connectivity index (χ4n) is 2.73. The lowest BCUT2D eigenvalue weighted by Crippen LogP contribution is -2.24. The number of ether oxygens (including phenoxy) is 1. The summed E-state index contributed by atoms with van der Waals surface area (Å²) in [5, 5.41) is 3.58. The molecule has 0 saturated heterocycles. The van der Waals surface area contributed by atoms with Gasteiger partial charge in [-0.2, -0.15) is 11.8 Å². The van der Waals surface area contributed by atoms with E-state index in [-0.39, 0.29) is 0 Å². The summed E-state index contributed by atoms with van der Waals surface area (Å²) in [4.78, 5) is 0. The van der Waals surface area contributed by atoms with E-state index < -0.39 is 0 Å². The highest BCUT2D eigenvalue weighted by atomic mass is 32.2. The molecule has 19 heavy (non-hydrogen) atoms. The van der Waals surface area contributed by atoms with Crippen molar-refractivity contribution in [2.75, 3.05) is 25.2 Å². The first-order valence-electron chi connectivity index (χ1n) is 7.33. The molecular formula is C16H25NOS. The van der Waals surface area contributed by atoms with Crippen molar-refractivity contribution >= 4 is 11.8 Å². The van der Waals surface area contributed by atoms with Crippen LogP contribution in [0.2, 0.25) is 0 Å². The lowest BCUT2D eigenvalue weighted by Gasteiger charge is -2.26. The maximum atomic E-state index is 5.84. The van der Waals surface area contributed by atoms with Gasteiger partial charge in [0.1, 0.15) is 5.75 Å². The van der Waals surface area contributed by atoms with Crippen molar-refractivity contribution in [3.8, 4) is 5.75 Å². The Morgan fingerprint density at radius 3 is 3.11 bits per heavy atom. The minimum atomic E-state index is 0.541. The minimum Gasteiger partial charge on any atom is -0.494 e. The monoisotopic (exact) mass is 279 g/mol. The van der Waals surface area contributed by atoms with Crippen LogP contribution >= 0.6 is 11.8 Å². The summed E-state index contributed by atoms with van der Waals surface area (Å²) in [6.07, 6.45) is 6.99. The van der Waals surface area contributed by atoms with Crippen molar-refractivity contribution in [2.45, 2.75) is 38.6 Å². The molecule has 1 N–H and O–H groups in total. The molecule has 1 aromatic carbocycles. The maximum Gasteiger partial charge on any atom is 0.119 e. The van der Waals surface area contributed by atoms with Gasteiger partial charge in [-0.3, -0.25) is 0 Å². The van der Waals surface area contributed by atoms with Gasteiger partial charge >= 0.3 is 0 Å². The van der Waals surface area contributed by atoms with Crippen molar-refractivity contribution in [2.24, 2.45) is 0 Å². The van der Waals surface area contributed by atoms with Crippen LogP contribution in [0.25, 0.3) is 0 Å². The van der Waals surface area contributed by atoms with E-state index in [2.05, 4.69) is 36.7 Å². The smallest absolute Gasteiger partial charge is 0.119 e. The zero-order valence-electron chi connectivity index (χ0n) is 12.1. The molecule has 2 rings (SSSR count). The summed E-state index contributed by atoms with van der Waals surface area (Å²) in [6, 6.07) is 7.18. The van der Waals surface area contributed by atoms with Crippen LogP contribution in [-0.4, -0.2) is 25.2 Å². The van der Waals surface area contributed by atoms with E-state index in [1.165, 1.54) is 36.1 Å². The lowest BCUT2D eigenvalue weighted by molar-refractivity contribution is 0.317. The fraction of sp³-hybridized carbons (Fsp3) is 0.625. The summed E-state index contributed by atoms with van der Waals surface area (Å²) in [5.74, 6) is 2.21. The number of thioether (sulfide) groups is 1. The number of rotatable bonds is 7. The van der Waals surface area contributed by atoms with Crippen LogP contribution in [0, 0.1) is 0 Å². The van der Waals surface area contributed by atoms with Crippen LogP contribution in [0.15, 0.2) is 18.2 Å². The third kappa shape index (κ3) is 4.15. The number of aryl methyl sites for hydroxylation is 1. The van der Waals surface area contributed by atoms with E-state index in [1.807, 2.05) is 11.8 Å². The zero-order valence-corrected chi connectivity index (χ0v) is 12.9. The average Bonchev–Trinajstić information content (AvgIpc) is 2.44. The van der Waals surface area contributed by atoms with Crippen molar-refractivity contribution in [1.29, 1.82) is 0 Å². The maximum absolute atomic E-state index is 5.84. The van der Waals surface area contributed by atoms with Crippen LogP contribution in [0.1, 0.15) is 43.4 Å². The summed E-state index contributed by atoms with van der Waals surface area (Å²) in [5.41, 5.74) is 2.95. The molecule has 106 valence electrons. The summed E-state index contributed by atoms with van der Waals surface area (Å²) < 4.78 is 5.84. The van der Waals surface area contributed by atoms with Gasteiger partial charge in [-0.15, -0.1) is 0 Å². The van der Waals surface area contributed by atoms with Crippen LogP contribution in [0.3, 0.4) is 0 Å². The van der Waals surface area contributed by atoms with Crippen molar-refractivity contribution < 1.29 is 4.74 Å². The van der Waals surface area contributed by atoms with Gasteiger partial charge in [-0.05, 0) is 67.5 Å². The van der Waals surface area contributed by atoms with Crippen LogP contribution in [-0.2, 0) is 6.42 Å². The van der Waals surface area contributed by atoms with Gasteiger partial charge in [0, 0.05) is 6.04 Å². The Morgan fingerprint density at radius 1 is 1.42 bits per heavy atom. The Morgan fingerprint density at radius 2 is 2.32 bits per heavy atom. The molecule has 0 heterocycles. The predicted octanol–water partition coefficient (Wildman–Crippen LogP) is 3.81. The Bertz CT molecular complexity index is 394. The second kappa shape index (κ2) is 7.81. The van der Waals surface area contributed by atoms with E-state index in [0.29, 0.717) is 6.04 Å². The molecule has 0 aromatic heterocycles. The first-order valence-corrected chi connectivity index (χ1v) is 8.72. The van der Waals surface area contributed by atoms with Gasteiger partial charge in [0.05, 0.1) is 6.61 Å².